The highest BCUT2D eigenvalue weighted by Gasteiger charge is 2.62. The summed E-state index contributed by atoms with van der Waals surface area (Å²) in [6.45, 7) is 8.93. The third kappa shape index (κ3) is 5.29. The van der Waals surface area contributed by atoms with E-state index < -0.39 is 23.3 Å². The highest BCUT2D eigenvalue weighted by atomic mass is 16.6. The number of aromatic amines is 2. The molecule has 6 aliphatic rings. The summed E-state index contributed by atoms with van der Waals surface area (Å²) in [6.07, 6.45) is 5.03. The first-order valence-electron chi connectivity index (χ1n) is 20.0. The Hall–Kier alpha value is -4.16. The summed E-state index contributed by atoms with van der Waals surface area (Å²) in [5, 5.41) is 24.8. The number of allylic oxidation sites excluding steroid dienone is 1. The van der Waals surface area contributed by atoms with Crippen molar-refractivity contribution in [2.45, 2.75) is 95.1 Å². The van der Waals surface area contributed by atoms with Crippen LogP contribution in [-0.2, 0) is 37.5 Å². The second-order valence-electron chi connectivity index (χ2n) is 17.1. The molecule has 10 rings (SSSR count). The second-order valence-corrected chi connectivity index (χ2v) is 17.1. The number of aliphatic hydroxyl groups is 2. The molecule has 4 fully saturated rings. The van der Waals surface area contributed by atoms with Crippen LogP contribution in [0.5, 0.6) is 5.75 Å². The number of likely N-dealkylation sites (tertiary alicyclic amines) is 1. The molecule has 4 aromatic rings. The van der Waals surface area contributed by atoms with Gasteiger partial charge in [-0.3, -0.25) is 19.4 Å². The Morgan fingerprint density at radius 3 is 2.55 bits per heavy atom. The number of para-hydroxylation sites is 1. The van der Waals surface area contributed by atoms with E-state index in [1.807, 2.05) is 19.9 Å². The fourth-order valence-corrected chi connectivity index (χ4v) is 12.3. The number of hydrogen-bond acceptors (Lipinski definition) is 9. The standard InChI is InChI=1S/C44H54N4O7/c1-7-27-21-47(5)37-18-32-28-10-8-9-11-35(28)45-39(32)33(17-34(27)44(37,22-49)55-25(4)52)38-36(53-6)13-12-29-30-14-15-48-20-26-16-31(23(2)50)42(48)43(19-26,54-24(3)51)41(30)46-40(29)38/h7-13,23,26,31,33-34,37,42,45-46,49-50H,14-22H2,1-6H3/b27-7-/t23-,26+,31+,33+,34-,37-,42-,43+,44-/m0/s1. The molecule has 55 heavy (non-hydrogen) atoms. The van der Waals surface area contributed by atoms with E-state index in [-0.39, 0.29) is 48.3 Å². The van der Waals surface area contributed by atoms with Gasteiger partial charge in [-0.25, -0.2) is 0 Å². The number of aliphatic hydroxyl groups excluding tert-OH is 2. The topological polar surface area (TPSA) is 140 Å². The van der Waals surface area contributed by atoms with Crippen LogP contribution < -0.4 is 4.74 Å². The minimum Gasteiger partial charge on any atom is -0.496 e. The summed E-state index contributed by atoms with van der Waals surface area (Å²) in [5.41, 5.74) is 6.19. The van der Waals surface area contributed by atoms with Crippen molar-refractivity contribution in [3.63, 3.8) is 0 Å². The zero-order valence-electron chi connectivity index (χ0n) is 32.8. The van der Waals surface area contributed by atoms with Crippen LogP contribution in [0.15, 0.2) is 48.0 Å². The van der Waals surface area contributed by atoms with Crippen LogP contribution in [-0.4, -0.2) is 106 Å². The molecule has 10 atom stereocenters. The number of ether oxygens (including phenoxy) is 3. The zero-order valence-corrected chi connectivity index (χ0v) is 32.8. The van der Waals surface area contributed by atoms with E-state index in [0.717, 1.165) is 87.1 Å². The first kappa shape index (κ1) is 36.5. The molecule has 3 saturated heterocycles. The number of likely N-dealkylation sites (N-methyl/N-ethyl adjacent to an activating group) is 1. The minimum absolute atomic E-state index is 0.0396. The number of carbonyl (C=O) groups excluding carboxylic acids is 2. The number of piperidine rings is 3. The van der Waals surface area contributed by atoms with Crippen LogP contribution in [0.4, 0.5) is 0 Å². The zero-order chi connectivity index (χ0) is 38.6. The highest BCUT2D eigenvalue weighted by Crippen LogP contribution is 2.57. The van der Waals surface area contributed by atoms with E-state index in [2.05, 4.69) is 63.2 Å². The van der Waals surface area contributed by atoms with Crippen molar-refractivity contribution < 1.29 is 34.0 Å². The van der Waals surface area contributed by atoms with Crippen molar-refractivity contribution >= 4 is 33.7 Å². The number of fused-ring (bicyclic) bond motifs is 9. The molecule has 4 aliphatic heterocycles. The summed E-state index contributed by atoms with van der Waals surface area (Å²) in [4.78, 5) is 38.7. The van der Waals surface area contributed by atoms with Gasteiger partial charge in [0.2, 0.25) is 0 Å². The number of esters is 2. The fraction of sp³-hybridized carbons (Fsp3) is 0.545. The Bertz CT molecular complexity index is 2220. The molecule has 0 radical (unpaired) electrons. The van der Waals surface area contributed by atoms with Crippen molar-refractivity contribution in [2.24, 2.45) is 17.8 Å². The molecule has 2 aliphatic carbocycles. The molecule has 11 heteroatoms. The van der Waals surface area contributed by atoms with Gasteiger partial charge in [-0.2, -0.15) is 0 Å². The lowest BCUT2D eigenvalue weighted by atomic mass is 9.62. The predicted octanol–water partition coefficient (Wildman–Crippen LogP) is 5.31. The quantitative estimate of drug-likeness (QED) is 0.153. The van der Waals surface area contributed by atoms with E-state index in [0.29, 0.717) is 25.8 Å². The van der Waals surface area contributed by atoms with E-state index >= 15 is 0 Å². The SMILES string of the molecule is C/C=C1/CN(C)[C@H]2Cc3c([nH]c4ccccc34)[C@@H](c3c(OC)ccc4c5c([nH]c34)[C@]3(OC(C)=O)C[C@H]4C[C@H]([C@H](C)O)[C@@H]3N(CC5)C4)C[C@@H]1[C@]2(CO)OC(C)=O. The smallest absolute Gasteiger partial charge is 0.303 e. The number of H-pyrrole nitrogens is 2. The van der Waals surface area contributed by atoms with Gasteiger partial charge in [-0.1, -0.05) is 29.8 Å². The van der Waals surface area contributed by atoms with Crippen molar-refractivity contribution in [1.29, 1.82) is 0 Å². The van der Waals surface area contributed by atoms with E-state index in [9.17, 15) is 19.8 Å². The first-order valence-corrected chi connectivity index (χ1v) is 20.0. The third-order valence-electron chi connectivity index (χ3n) is 14.2. The van der Waals surface area contributed by atoms with Crippen LogP contribution in [0.1, 0.15) is 81.0 Å². The van der Waals surface area contributed by atoms with E-state index in [4.69, 9.17) is 14.2 Å². The van der Waals surface area contributed by atoms with Gasteiger partial charge >= 0.3 is 11.9 Å². The number of hydrogen-bond donors (Lipinski definition) is 4. The number of benzene rings is 2. The molecular weight excluding hydrogens is 697 g/mol. The summed E-state index contributed by atoms with van der Waals surface area (Å²) in [5.74, 6) is -0.356. The summed E-state index contributed by atoms with van der Waals surface area (Å²) < 4.78 is 19.3. The largest absolute Gasteiger partial charge is 0.496 e. The Labute approximate surface area is 322 Å². The van der Waals surface area contributed by atoms with Crippen LogP contribution in [0.2, 0.25) is 0 Å². The molecule has 6 bridgehead atoms. The fourth-order valence-electron chi connectivity index (χ4n) is 12.3. The van der Waals surface area contributed by atoms with Crippen molar-refractivity contribution in [2.75, 3.05) is 40.4 Å². The highest BCUT2D eigenvalue weighted by molar-refractivity contribution is 5.92. The lowest BCUT2D eigenvalue weighted by Gasteiger charge is -2.58. The van der Waals surface area contributed by atoms with Crippen LogP contribution >= 0.6 is 0 Å². The Morgan fingerprint density at radius 1 is 1.05 bits per heavy atom. The molecule has 2 aromatic heterocycles. The van der Waals surface area contributed by atoms with Crippen LogP contribution in [0, 0.1) is 17.8 Å². The number of rotatable bonds is 6. The van der Waals surface area contributed by atoms with Gasteiger partial charge in [-0.05, 0) is 88.2 Å². The number of nitrogens with one attached hydrogen (secondary N) is 2. The van der Waals surface area contributed by atoms with Gasteiger partial charge in [0.05, 0.1) is 43.1 Å². The monoisotopic (exact) mass is 750 g/mol. The minimum atomic E-state index is -1.19. The lowest BCUT2D eigenvalue weighted by Crippen LogP contribution is -2.67. The Balaban J connectivity index is 1.33. The van der Waals surface area contributed by atoms with Gasteiger partial charge in [0, 0.05) is 78.8 Å². The summed E-state index contributed by atoms with van der Waals surface area (Å²) >= 11 is 0. The molecule has 1 unspecified atom stereocenters. The Kier molecular flexibility index (Phi) is 8.77. The maximum Gasteiger partial charge on any atom is 0.303 e. The van der Waals surface area contributed by atoms with E-state index in [1.54, 1.807) is 7.11 Å². The molecule has 0 spiro atoms. The average molecular weight is 751 g/mol. The molecule has 1 saturated carbocycles. The molecular formula is C44H54N4O7. The maximum atomic E-state index is 13.1. The molecule has 11 nitrogen and oxygen atoms in total. The van der Waals surface area contributed by atoms with E-state index in [1.165, 1.54) is 13.8 Å². The lowest BCUT2D eigenvalue weighted by molar-refractivity contribution is -0.208. The van der Waals surface area contributed by atoms with Gasteiger partial charge in [0.15, 0.2) is 11.2 Å². The van der Waals surface area contributed by atoms with Crippen molar-refractivity contribution in [3.8, 4) is 5.75 Å². The third-order valence-corrected chi connectivity index (χ3v) is 14.2. The van der Waals surface area contributed by atoms with Crippen LogP contribution in [0.3, 0.4) is 0 Å². The van der Waals surface area contributed by atoms with Gasteiger partial charge in [0.1, 0.15) is 5.75 Å². The van der Waals surface area contributed by atoms with Gasteiger partial charge < -0.3 is 34.4 Å². The predicted molar refractivity (Wildman–Crippen MR) is 209 cm³/mol. The summed E-state index contributed by atoms with van der Waals surface area (Å²) in [7, 11) is 3.76. The number of aromatic nitrogens is 2. The van der Waals surface area contributed by atoms with Crippen molar-refractivity contribution in [1.82, 2.24) is 19.8 Å². The molecule has 292 valence electrons. The maximum absolute atomic E-state index is 13.1. The average Bonchev–Trinajstić information content (AvgIpc) is 3.69. The summed E-state index contributed by atoms with van der Waals surface area (Å²) in [6, 6.07) is 12.1. The molecule has 0 amide bonds. The number of carbonyl (C=O) groups is 2. The first-order chi connectivity index (χ1) is 26.4. The molecule has 2 aromatic carbocycles. The molecule has 6 heterocycles. The number of nitrogens with zero attached hydrogens (tertiary/aromatic N) is 2. The van der Waals surface area contributed by atoms with Crippen molar-refractivity contribution in [3.05, 3.63) is 76.1 Å². The van der Waals surface area contributed by atoms with Crippen LogP contribution in [0.25, 0.3) is 21.8 Å². The Morgan fingerprint density at radius 2 is 1.84 bits per heavy atom. The second kappa shape index (κ2) is 13.2. The van der Waals surface area contributed by atoms with Gasteiger partial charge in [-0.15, -0.1) is 0 Å². The molecule has 4 N–H and O–H groups in total. The van der Waals surface area contributed by atoms with Gasteiger partial charge in [0.25, 0.3) is 0 Å². The number of methoxy groups -OCH3 is 1. The normalized spacial score (nSPS) is 34.0.